The molecule has 0 saturated carbocycles. The number of hydrogen-bond acceptors (Lipinski definition) is 5. The number of benzene rings is 2. The molecule has 8 heteroatoms. The Balaban J connectivity index is 1.61. The fraction of sp³-hybridized carbons (Fsp3) is 0.269. The Bertz CT molecular complexity index is 1390. The molecule has 2 aliphatic rings. The van der Waals surface area contributed by atoms with E-state index in [0.29, 0.717) is 6.42 Å². The summed E-state index contributed by atoms with van der Waals surface area (Å²) in [5.41, 5.74) is 3.17. The SMILES string of the molecule is CN1c2ccc(C#Cc3cccnc3)cc2[C@@H]2[C@@H](CCN2S(=O)(=O)c2ccccc2F)[C@H]1CO. The third kappa shape index (κ3) is 3.76. The van der Waals surface area contributed by atoms with Crippen molar-refractivity contribution < 1.29 is 17.9 Å². The summed E-state index contributed by atoms with van der Waals surface area (Å²) in [7, 11) is -2.18. The summed E-state index contributed by atoms with van der Waals surface area (Å²) in [4.78, 5) is 5.75. The van der Waals surface area contributed by atoms with Crippen molar-refractivity contribution in [2.45, 2.75) is 23.4 Å². The predicted octanol–water partition coefficient (Wildman–Crippen LogP) is 3.18. The number of sulfonamides is 1. The minimum absolute atomic E-state index is 0.104. The molecule has 2 aliphatic heterocycles. The average Bonchev–Trinajstić information content (AvgIpc) is 3.30. The van der Waals surface area contributed by atoms with Gasteiger partial charge in [-0.05, 0) is 54.4 Å². The number of aliphatic hydroxyl groups excluding tert-OH is 1. The highest BCUT2D eigenvalue weighted by atomic mass is 32.2. The van der Waals surface area contributed by atoms with E-state index in [4.69, 9.17) is 0 Å². The van der Waals surface area contributed by atoms with Crippen LogP contribution >= 0.6 is 0 Å². The van der Waals surface area contributed by atoms with Gasteiger partial charge in [-0.3, -0.25) is 4.98 Å². The topological polar surface area (TPSA) is 73.7 Å². The Kier molecular flexibility index (Phi) is 5.86. The van der Waals surface area contributed by atoms with Gasteiger partial charge in [0.1, 0.15) is 10.7 Å². The van der Waals surface area contributed by atoms with E-state index in [1.54, 1.807) is 12.4 Å². The Morgan fingerprint density at radius 1 is 1.12 bits per heavy atom. The summed E-state index contributed by atoms with van der Waals surface area (Å²) in [6.07, 6.45) is 3.93. The van der Waals surface area contributed by atoms with Crippen LogP contribution in [0.4, 0.5) is 10.1 Å². The van der Waals surface area contributed by atoms with Crippen molar-refractivity contribution in [1.82, 2.24) is 9.29 Å². The average molecular weight is 478 g/mol. The maximum Gasteiger partial charge on any atom is 0.246 e. The number of aliphatic hydroxyl groups is 1. The number of nitrogens with zero attached hydrogens (tertiary/aromatic N) is 3. The third-order valence-corrected chi connectivity index (χ3v) is 8.65. The molecule has 0 bridgehead atoms. The van der Waals surface area contributed by atoms with Gasteiger partial charge in [0.25, 0.3) is 0 Å². The lowest BCUT2D eigenvalue weighted by molar-refractivity contribution is 0.193. The summed E-state index contributed by atoms with van der Waals surface area (Å²) in [5.74, 6) is 5.32. The van der Waals surface area contributed by atoms with Gasteiger partial charge in [0.15, 0.2) is 0 Å². The fourth-order valence-electron chi connectivity index (χ4n) is 5.12. The highest BCUT2D eigenvalue weighted by Crippen LogP contribution is 2.50. The first kappa shape index (κ1) is 22.5. The lowest BCUT2D eigenvalue weighted by atomic mass is 9.82. The normalized spacial score (nSPS) is 22.0. The largest absolute Gasteiger partial charge is 0.394 e. The van der Waals surface area contributed by atoms with E-state index in [9.17, 15) is 17.9 Å². The number of fused-ring (bicyclic) bond motifs is 3. The highest BCUT2D eigenvalue weighted by Gasteiger charge is 2.50. The van der Waals surface area contributed by atoms with Crippen LogP contribution in [0.3, 0.4) is 0 Å². The Morgan fingerprint density at radius 3 is 2.65 bits per heavy atom. The summed E-state index contributed by atoms with van der Waals surface area (Å²) < 4.78 is 43.0. The minimum Gasteiger partial charge on any atom is -0.394 e. The highest BCUT2D eigenvalue weighted by molar-refractivity contribution is 7.89. The van der Waals surface area contributed by atoms with Crippen LogP contribution in [-0.2, 0) is 10.0 Å². The quantitative estimate of drug-likeness (QED) is 0.587. The molecular formula is C26H24FN3O3S. The molecule has 1 N–H and O–H groups in total. The van der Waals surface area contributed by atoms with E-state index < -0.39 is 21.9 Å². The van der Waals surface area contributed by atoms with Gasteiger partial charge < -0.3 is 10.0 Å². The zero-order chi connectivity index (χ0) is 23.9. The van der Waals surface area contributed by atoms with Crippen molar-refractivity contribution in [3.8, 4) is 11.8 Å². The second-order valence-corrected chi connectivity index (χ2v) is 10.4. The van der Waals surface area contributed by atoms with Crippen LogP contribution in [0.25, 0.3) is 0 Å². The van der Waals surface area contributed by atoms with E-state index in [1.807, 2.05) is 42.3 Å². The zero-order valence-corrected chi connectivity index (χ0v) is 19.4. The predicted molar refractivity (Wildman–Crippen MR) is 127 cm³/mol. The summed E-state index contributed by atoms with van der Waals surface area (Å²) in [5, 5.41) is 10.2. The van der Waals surface area contributed by atoms with Gasteiger partial charge in [-0.15, -0.1) is 0 Å². The van der Waals surface area contributed by atoms with Gasteiger partial charge in [0.2, 0.25) is 10.0 Å². The third-order valence-electron chi connectivity index (χ3n) is 6.74. The molecule has 3 atom stereocenters. The standard InChI is InChI=1S/C26H24FN3O3S/c1-29-23-11-10-18(8-9-19-5-4-13-28-16-19)15-21(23)26-20(24(29)17-31)12-14-30(26)34(32,33)25-7-3-2-6-22(25)27/h2-7,10-11,13,15-16,20,24,26,31H,12,14,17H2,1H3/t20-,24+,26-/m0/s1. The summed E-state index contributed by atoms with van der Waals surface area (Å²) in [6.45, 7) is 0.147. The fourth-order valence-corrected chi connectivity index (χ4v) is 6.85. The van der Waals surface area contributed by atoms with Crippen LogP contribution in [0, 0.1) is 23.6 Å². The number of pyridine rings is 1. The van der Waals surface area contributed by atoms with Gasteiger partial charge in [0.05, 0.1) is 18.7 Å². The van der Waals surface area contributed by atoms with Gasteiger partial charge in [-0.1, -0.05) is 24.0 Å². The van der Waals surface area contributed by atoms with Crippen molar-refractivity contribution in [3.05, 3.63) is 89.5 Å². The van der Waals surface area contributed by atoms with Crippen LogP contribution in [0.5, 0.6) is 0 Å². The van der Waals surface area contributed by atoms with E-state index in [0.717, 1.165) is 28.4 Å². The van der Waals surface area contributed by atoms with Crippen LogP contribution in [0.15, 0.2) is 71.9 Å². The Labute approximate surface area is 198 Å². The molecule has 0 spiro atoms. The molecule has 0 amide bonds. The van der Waals surface area contributed by atoms with Crippen molar-refractivity contribution in [3.63, 3.8) is 0 Å². The van der Waals surface area contributed by atoms with E-state index in [1.165, 1.54) is 22.5 Å². The molecular weight excluding hydrogens is 453 g/mol. The number of anilines is 1. The van der Waals surface area contributed by atoms with Gasteiger partial charge in [-0.2, -0.15) is 4.31 Å². The van der Waals surface area contributed by atoms with E-state index >= 15 is 0 Å². The molecule has 3 aromatic rings. The van der Waals surface area contributed by atoms with Gasteiger partial charge in [-0.25, -0.2) is 12.8 Å². The number of hydrogen-bond donors (Lipinski definition) is 1. The van der Waals surface area contributed by atoms with Gasteiger partial charge in [0, 0.05) is 48.7 Å². The van der Waals surface area contributed by atoms with Gasteiger partial charge >= 0.3 is 0 Å². The molecule has 1 aromatic heterocycles. The summed E-state index contributed by atoms with van der Waals surface area (Å²) >= 11 is 0. The minimum atomic E-state index is -4.09. The first-order valence-corrected chi connectivity index (χ1v) is 12.5. The second-order valence-electron chi connectivity index (χ2n) is 8.57. The van der Waals surface area contributed by atoms with E-state index in [-0.39, 0.29) is 30.0 Å². The number of likely N-dealkylation sites (N-methyl/N-ethyl adjacent to an activating group) is 1. The first-order valence-electron chi connectivity index (χ1n) is 11.1. The lowest BCUT2D eigenvalue weighted by Crippen LogP contribution is -2.48. The molecule has 6 nitrogen and oxygen atoms in total. The number of aromatic nitrogens is 1. The maximum absolute atomic E-state index is 14.5. The Morgan fingerprint density at radius 2 is 1.91 bits per heavy atom. The molecule has 5 rings (SSSR count). The van der Waals surface area contributed by atoms with Crippen molar-refractivity contribution in [2.24, 2.45) is 5.92 Å². The summed E-state index contributed by atoms with van der Waals surface area (Å²) in [6, 6.07) is 14.1. The molecule has 34 heavy (non-hydrogen) atoms. The molecule has 0 aliphatic carbocycles. The smallest absolute Gasteiger partial charge is 0.246 e. The van der Waals surface area contributed by atoms with Crippen molar-refractivity contribution >= 4 is 15.7 Å². The monoisotopic (exact) mass is 477 g/mol. The Hall–Kier alpha value is -3.25. The molecule has 2 aromatic carbocycles. The van der Waals surface area contributed by atoms with Crippen molar-refractivity contribution in [1.29, 1.82) is 0 Å². The van der Waals surface area contributed by atoms with Crippen molar-refractivity contribution in [2.75, 3.05) is 25.1 Å². The molecule has 1 saturated heterocycles. The molecule has 3 heterocycles. The molecule has 0 radical (unpaired) electrons. The number of rotatable bonds is 3. The zero-order valence-electron chi connectivity index (χ0n) is 18.6. The first-order chi connectivity index (χ1) is 16.4. The maximum atomic E-state index is 14.5. The van der Waals surface area contributed by atoms with E-state index in [2.05, 4.69) is 16.8 Å². The molecule has 174 valence electrons. The van der Waals surface area contributed by atoms with Crippen LogP contribution in [0.1, 0.15) is 29.2 Å². The molecule has 0 unspecified atom stereocenters. The van der Waals surface area contributed by atoms with Crippen LogP contribution in [0.2, 0.25) is 0 Å². The number of halogens is 1. The second kappa shape index (κ2) is 8.84. The lowest BCUT2D eigenvalue weighted by Gasteiger charge is -2.44. The molecule has 1 fully saturated rings. The van der Waals surface area contributed by atoms with Crippen LogP contribution < -0.4 is 4.90 Å². The van der Waals surface area contributed by atoms with Crippen LogP contribution in [-0.4, -0.2) is 49.1 Å².